The lowest BCUT2D eigenvalue weighted by molar-refractivity contribution is -0.118. The monoisotopic (exact) mass is 658 g/mol. The van der Waals surface area contributed by atoms with Gasteiger partial charge in [0.25, 0.3) is 5.91 Å². The molecule has 48 heavy (non-hydrogen) atoms. The van der Waals surface area contributed by atoms with Crippen LogP contribution in [-0.4, -0.2) is 53.5 Å². The van der Waals surface area contributed by atoms with Gasteiger partial charge in [-0.2, -0.15) is 0 Å². The first-order chi connectivity index (χ1) is 23.5. The lowest BCUT2D eigenvalue weighted by atomic mass is 9.96. The molecule has 7 rings (SSSR count). The van der Waals surface area contributed by atoms with E-state index in [9.17, 15) is 4.79 Å². The van der Waals surface area contributed by atoms with Crippen molar-refractivity contribution in [1.29, 1.82) is 0 Å². The number of nitrogens with one attached hydrogen (secondary N) is 2. The summed E-state index contributed by atoms with van der Waals surface area (Å²) in [6.45, 7) is 7.56. The average molecular weight is 659 g/mol. The molecule has 4 heterocycles. The Morgan fingerprint density at radius 2 is 1.60 bits per heavy atom. The number of nitrogens with zero attached hydrogens (tertiary/aromatic N) is 4. The Morgan fingerprint density at radius 1 is 0.917 bits per heavy atom. The summed E-state index contributed by atoms with van der Waals surface area (Å²) in [5, 5.41) is 7.11. The summed E-state index contributed by atoms with van der Waals surface area (Å²) >= 11 is 5.99. The Bertz CT molecular complexity index is 1870. The summed E-state index contributed by atoms with van der Waals surface area (Å²) in [5.74, 6) is 0.416. The Balaban J connectivity index is 1.17. The van der Waals surface area contributed by atoms with Crippen LogP contribution in [-0.2, 0) is 9.53 Å². The molecule has 9 nitrogen and oxygen atoms in total. The molecular weight excluding hydrogens is 621 g/mol. The summed E-state index contributed by atoms with van der Waals surface area (Å²) in [6.07, 6.45) is 1.82. The molecule has 2 aromatic heterocycles. The quantitative estimate of drug-likeness (QED) is 0.173. The predicted molar refractivity (Wildman–Crippen MR) is 193 cm³/mol. The fourth-order valence-electron chi connectivity index (χ4n) is 6.64. The van der Waals surface area contributed by atoms with Gasteiger partial charge in [0.05, 0.1) is 31.0 Å². The van der Waals surface area contributed by atoms with Crippen molar-refractivity contribution in [2.24, 2.45) is 0 Å². The van der Waals surface area contributed by atoms with Crippen molar-refractivity contribution in [3.63, 3.8) is 0 Å². The van der Waals surface area contributed by atoms with E-state index in [-0.39, 0.29) is 24.6 Å². The normalized spacial score (nSPS) is 17.7. The third-order valence-corrected chi connectivity index (χ3v) is 9.23. The smallest absolute Gasteiger partial charge is 0.262 e. The van der Waals surface area contributed by atoms with Gasteiger partial charge in [0.1, 0.15) is 5.75 Å². The summed E-state index contributed by atoms with van der Waals surface area (Å²) in [5.41, 5.74) is 8.24. The Kier molecular flexibility index (Phi) is 9.09. The molecule has 0 aliphatic carbocycles. The van der Waals surface area contributed by atoms with Crippen LogP contribution in [0.4, 0.5) is 17.1 Å². The molecular formula is C38H38N6O3S. The summed E-state index contributed by atoms with van der Waals surface area (Å²) < 4.78 is 13.5. The van der Waals surface area contributed by atoms with Crippen LogP contribution in [0.5, 0.6) is 5.75 Å². The topological polar surface area (TPSA) is 83.9 Å². The van der Waals surface area contributed by atoms with Crippen LogP contribution in [0, 0.1) is 13.8 Å². The third kappa shape index (κ3) is 6.49. The van der Waals surface area contributed by atoms with E-state index >= 15 is 0 Å². The fraction of sp³-hybridized carbons (Fsp3) is 0.237. The van der Waals surface area contributed by atoms with Gasteiger partial charge in [-0.15, -0.1) is 0 Å². The molecule has 3 aromatic carbocycles. The summed E-state index contributed by atoms with van der Waals surface area (Å²) in [6, 6.07) is 33.7. The minimum absolute atomic E-state index is 0.0781. The number of ether oxygens (including phenoxy) is 2. The molecule has 2 atom stereocenters. The van der Waals surface area contributed by atoms with Gasteiger partial charge in [0, 0.05) is 53.4 Å². The van der Waals surface area contributed by atoms with Gasteiger partial charge in [0.2, 0.25) is 0 Å². The summed E-state index contributed by atoms with van der Waals surface area (Å²) in [7, 11) is 0. The zero-order chi connectivity index (χ0) is 33.0. The minimum atomic E-state index is -0.233. The molecule has 1 amide bonds. The number of amides is 1. The molecule has 5 aromatic rings. The molecule has 0 unspecified atom stereocenters. The first-order valence-electron chi connectivity index (χ1n) is 16.2. The highest BCUT2D eigenvalue weighted by atomic mass is 32.1. The maximum atomic E-state index is 12.6. The van der Waals surface area contributed by atoms with Crippen molar-refractivity contribution < 1.29 is 14.3 Å². The number of aromatic nitrogens is 2. The molecule has 0 spiro atoms. The number of carbonyl (C=O) groups is 1. The highest BCUT2D eigenvalue weighted by molar-refractivity contribution is 7.80. The van der Waals surface area contributed by atoms with Gasteiger partial charge in [0.15, 0.2) is 11.7 Å². The van der Waals surface area contributed by atoms with Gasteiger partial charge in [-0.05, 0) is 110 Å². The van der Waals surface area contributed by atoms with Crippen molar-refractivity contribution in [2.45, 2.75) is 25.9 Å². The van der Waals surface area contributed by atoms with E-state index in [2.05, 4.69) is 69.2 Å². The van der Waals surface area contributed by atoms with E-state index in [0.717, 1.165) is 60.3 Å². The van der Waals surface area contributed by atoms with Crippen molar-refractivity contribution >= 4 is 40.3 Å². The molecule has 2 aliphatic heterocycles. The van der Waals surface area contributed by atoms with E-state index < -0.39 is 0 Å². The van der Waals surface area contributed by atoms with E-state index in [1.165, 1.54) is 5.69 Å². The Hall–Kier alpha value is -5.19. The number of benzene rings is 3. The van der Waals surface area contributed by atoms with Gasteiger partial charge in [-0.1, -0.05) is 24.3 Å². The van der Waals surface area contributed by atoms with E-state index in [0.29, 0.717) is 16.5 Å². The van der Waals surface area contributed by atoms with Crippen molar-refractivity contribution in [1.82, 2.24) is 14.9 Å². The van der Waals surface area contributed by atoms with Crippen LogP contribution in [0.2, 0.25) is 0 Å². The number of hydrogen-bond acceptors (Lipinski definition) is 6. The Morgan fingerprint density at radius 3 is 2.31 bits per heavy atom. The number of pyridine rings is 1. The van der Waals surface area contributed by atoms with Gasteiger partial charge >= 0.3 is 0 Å². The lowest BCUT2D eigenvalue weighted by Gasteiger charge is -2.29. The lowest BCUT2D eigenvalue weighted by Crippen LogP contribution is -2.36. The van der Waals surface area contributed by atoms with Crippen LogP contribution in [0.1, 0.15) is 34.7 Å². The maximum Gasteiger partial charge on any atom is 0.262 e. The molecule has 0 radical (unpaired) electrons. The second kappa shape index (κ2) is 13.9. The number of rotatable bonds is 9. The third-order valence-electron chi connectivity index (χ3n) is 8.91. The first-order valence-corrected chi connectivity index (χ1v) is 16.6. The standard InChI is InChI=1S/C38H38N6O3S/c1-26-24-33(27(2)43(26)30-17-15-29(16-18-30)42-20-22-46-23-21-42)37-36(34-10-6-7-19-39-34)41-38(48)44(37)31-13-11-28(12-14-31)40-35(45)25-47-32-8-4-3-5-9-32/h3-19,24,36-37H,20-23,25H2,1-2H3,(H,40,45)(H,41,48)/t36-,37-/m0/s1. The van der Waals surface area contributed by atoms with E-state index in [4.69, 9.17) is 26.7 Å². The highest BCUT2D eigenvalue weighted by Gasteiger charge is 2.42. The number of hydrogen-bond donors (Lipinski definition) is 2. The van der Waals surface area contributed by atoms with Crippen LogP contribution >= 0.6 is 12.2 Å². The number of anilines is 3. The fourth-order valence-corrected chi connectivity index (χ4v) is 6.98. The van der Waals surface area contributed by atoms with Gasteiger partial charge < -0.3 is 34.5 Å². The number of thiocarbonyl (C=S) groups is 1. The molecule has 2 N–H and O–H groups in total. The van der Waals surface area contributed by atoms with Crippen molar-refractivity contribution in [2.75, 3.05) is 48.0 Å². The first kappa shape index (κ1) is 31.4. The molecule has 2 saturated heterocycles. The number of morpholine rings is 1. The molecule has 10 heteroatoms. The number of aryl methyl sites for hydroxylation is 1. The molecule has 2 aliphatic rings. The zero-order valence-corrected chi connectivity index (χ0v) is 27.8. The van der Waals surface area contributed by atoms with Gasteiger partial charge in [-0.3, -0.25) is 9.78 Å². The predicted octanol–water partition coefficient (Wildman–Crippen LogP) is 6.52. The van der Waals surface area contributed by atoms with Gasteiger partial charge in [-0.25, -0.2) is 0 Å². The largest absolute Gasteiger partial charge is 0.484 e. The van der Waals surface area contributed by atoms with Crippen LogP contribution < -0.4 is 25.2 Å². The maximum absolute atomic E-state index is 12.6. The average Bonchev–Trinajstić information content (AvgIpc) is 3.63. The van der Waals surface area contributed by atoms with E-state index in [1.54, 1.807) is 0 Å². The zero-order valence-electron chi connectivity index (χ0n) is 27.0. The highest BCUT2D eigenvalue weighted by Crippen LogP contribution is 2.44. The second-order valence-electron chi connectivity index (χ2n) is 12.0. The number of para-hydroxylation sites is 1. The summed E-state index contributed by atoms with van der Waals surface area (Å²) in [4.78, 5) is 21.9. The second-order valence-corrected chi connectivity index (χ2v) is 12.4. The van der Waals surface area contributed by atoms with Crippen molar-refractivity contribution in [3.8, 4) is 11.4 Å². The van der Waals surface area contributed by atoms with Crippen molar-refractivity contribution in [3.05, 3.63) is 132 Å². The minimum Gasteiger partial charge on any atom is -0.484 e. The van der Waals surface area contributed by atoms with Crippen LogP contribution in [0.15, 0.2) is 109 Å². The van der Waals surface area contributed by atoms with Crippen LogP contribution in [0.3, 0.4) is 0 Å². The molecule has 0 bridgehead atoms. The molecule has 244 valence electrons. The molecule has 2 fully saturated rings. The van der Waals surface area contributed by atoms with Crippen LogP contribution in [0.25, 0.3) is 5.69 Å². The van der Waals surface area contributed by atoms with E-state index in [1.807, 2.05) is 79.0 Å². The molecule has 0 saturated carbocycles. The SMILES string of the molecule is Cc1cc([C@H]2[C@H](c3ccccn3)NC(=S)N2c2ccc(NC(=O)COc3ccccc3)cc2)c(C)n1-c1ccc(N2CCOCC2)cc1. The number of carbonyl (C=O) groups excluding carboxylic acids is 1. The Labute approximate surface area is 286 Å².